The van der Waals surface area contributed by atoms with Gasteiger partial charge in [-0.2, -0.15) is 0 Å². The van der Waals surface area contributed by atoms with Crippen molar-refractivity contribution >= 4 is 16.8 Å². The Kier molecular flexibility index (Phi) is 5.01. The van der Waals surface area contributed by atoms with Crippen LogP contribution in [0.5, 0.6) is 11.5 Å². The van der Waals surface area contributed by atoms with Crippen LogP contribution in [-0.2, 0) is 12.8 Å². The zero-order valence-electron chi connectivity index (χ0n) is 15.5. The first-order valence-corrected chi connectivity index (χ1v) is 9.43. The molecule has 140 valence electrons. The largest absolute Gasteiger partial charge is 0.497 e. The standard InChI is InChI=1S/C22H24N2O3/c1-26-16-5-4-6-17(14-16)27-12-11-23-22(25)15-9-10-21-19(13-15)18-7-2-3-8-20(18)24-21/h4-6,9-10,13-14,24H,2-3,7-8,11-12H2,1H3,(H,23,25). The molecule has 5 nitrogen and oxygen atoms in total. The number of aryl methyl sites for hydroxylation is 2. The van der Waals surface area contributed by atoms with Crippen LogP contribution in [0.25, 0.3) is 10.9 Å². The summed E-state index contributed by atoms with van der Waals surface area (Å²) in [6, 6.07) is 13.3. The number of benzene rings is 2. The van der Waals surface area contributed by atoms with Gasteiger partial charge in [-0.15, -0.1) is 0 Å². The van der Waals surface area contributed by atoms with Crippen LogP contribution in [0.4, 0.5) is 0 Å². The average molecular weight is 364 g/mol. The number of aromatic amines is 1. The number of hydrogen-bond acceptors (Lipinski definition) is 3. The SMILES string of the molecule is COc1cccc(OCCNC(=O)c2ccc3[nH]c4c(c3c2)CCCC4)c1. The smallest absolute Gasteiger partial charge is 0.251 e. The van der Waals surface area contributed by atoms with Gasteiger partial charge in [0.05, 0.1) is 13.7 Å². The van der Waals surface area contributed by atoms with Gasteiger partial charge in [0.2, 0.25) is 0 Å². The molecule has 1 aliphatic carbocycles. The van der Waals surface area contributed by atoms with E-state index in [-0.39, 0.29) is 5.91 Å². The molecule has 0 saturated carbocycles. The van der Waals surface area contributed by atoms with E-state index in [0.717, 1.165) is 29.9 Å². The number of carbonyl (C=O) groups excluding carboxylic acids is 1. The molecule has 4 rings (SSSR count). The van der Waals surface area contributed by atoms with Crippen molar-refractivity contribution in [1.82, 2.24) is 10.3 Å². The molecule has 2 aromatic carbocycles. The van der Waals surface area contributed by atoms with Crippen LogP contribution in [0, 0.1) is 0 Å². The zero-order chi connectivity index (χ0) is 18.6. The lowest BCUT2D eigenvalue weighted by atomic mass is 9.95. The van der Waals surface area contributed by atoms with Gasteiger partial charge in [0.15, 0.2) is 0 Å². The van der Waals surface area contributed by atoms with Crippen molar-refractivity contribution < 1.29 is 14.3 Å². The molecule has 0 bridgehead atoms. The predicted molar refractivity (Wildman–Crippen MR) is 106 cm³/mol. The monoisotopic (exact) mass is 364 g/mol. The Labute approximate surface area is 158 Å². The van der Waals surface area contributed by atoms with Crippen molar-refractivity contribution in [2.75, 3.05) is 20.3 Å². The van der Waals surface area contributed by atoms with E-state index in [0.29, 0.717) is 18.7 Å². The van der Waals surface area contributed by atoms with Gasteiger partial charge < -0.3 is 19.8 Å². The highest BCUT2D eigenvalue weighted by molar-refractivity contribution is 5.99. The number of ether oxygens (including phenoxy) is 2. The third-order valence-electron chi connectivity index (χ3n) is 5.06. The highest BCUT2D eigenvalue weighted by atomic mass is 16.5. The first-order chi connectivity index (χ1) is 13.2. The maximum absolute atomic E-state index is 12.5. The minimum Gasteiger partial charge on any atom is -0.497 e. The third-order valence-corrected chi connectivity index (χ3v) is 5.06. The number of H-pyrrole nitrogens is 1. The topological polar surface area (TPSA) is 63.4 Å². The number of aromatic nitrogens is 1. The summed E-state index contributed by atoms with van der Waals surface area (Å²) in [4.78, 5) is 16.0. The lowest BCUT2D eigenvalue weighted by Crippen LogP contribution is -2.28. The summed E-state index contributed by atoms with van der Waals surface area (Å²) in [6.45, 7) is 0.847. The minimum absolute atomic E-state index is 0.0723. The molecule has 0 radical (unpaired) electrons. The molecule has 27 heavy (non-hydrogen) atoms. The summed E-state index contributed by atoms with van der Waals surface area (Å²) < 4.78 is 10.8. The van der Waals surface area contributed by atoms with E-state index in [1.54, 1.807) is 7.11 Å². The van der Waals surface area contributed by atoms with Crippen molar-refractivity contribution in [2.45, 2.75) is 25.7 Å². The molecule has 1 heterocycles. The first kappa shape index (κ1) is 17.5. The minimum atomic E-state index is -0.0723. The van der Waals surface area contributed by atoms with E-state index in [4.69, 9.17) is 9.47 Å². The summed E-state index contributed by atoms with van der Waals surface area (Å²) in [7, 11) is 1.62. The predicted octanol–water partition coefficient (Wildman–Crippen LogP) is 3.86. The molecular formula is C22H24N2O3. The lowest BCUT2D eigenvalue weighted by Gasteiger charge is -2.11. The highest BCUT2D eigenvalue weighted by Gasteiger charge is 2.16. The number of rotatable bonds is 6. The summed E-state index contributed by atoms with van der Waals surface area (Å²) in [5.41, 5.74) is 4.53. The van der Waals surface area contributed by atoms with E-state index in [9.17, 15) is 4.79 Å². The van der Waals surface area contributed by atoms with Crippen LogP contribution in [-0.4, -0.2) is 31.2 Å². The molecule has 3 aromatic rings. The molecule has 5 heteroatoms. The Bertz CT molecular complexity index is 961. The lowest BCUT2D eigenvalue weighted by molar-refractivity contribution is 0.0947. The van der Waals surface area contributed by atoms with E-state index in [1.807, 2.05) is 42.5 Å². The molecule has 0 unspecified atom stereocenters. The fourth-order valence-corrected chi connectivity index (χ4v) is 3.67. The van der Waals surface area contributed by atoms with Crippen molar-refractivity contribution in [1.29, 1.82) is 0 Å². The Morgan fingerprint density at radius 3 is 2.85 bits per heavy atom. The number of amides is 1. The Hall–Kier alpha value is -2.95. The van der Waals surface area contributed by atoms with Gasteiger partial charge in [-0.05, 0) is 61.6 Å². The van der Waals surface area contributed by atoms with Crippen LogP contribution >= 0.6 is 0 Å². The molecule has 0 atom stereocenters. The molecule has 1 aromatic heterocycles. The van der Waals surface area contributed by atoms with Crippen LogP contribution in [0.15, 0.2) is 42.5 Å². The summed E-state index contributed by atoms with van der Waals surface area (Å²) >= 11 is 0. The number of hydrogen-bond donors (Lipinski definition) is 2. The molecule has 0 aliphatic heterocycles. The van der Waals surface area contributed by atoms with Gasteiger partial charge in [-0.1, -0.05) is 6.07 Å². The fraction of sp³-hybridized carbons (Fsp3) is 0.318. The molecule has 0 saturated heterocycles. The highest BCUT2D eigenvalue weighted by Crippen LogP contribution is 2.29. The van der Waals surface area contributed by atoms with Gasteiger partial charge in [0.1, 0.15) is 18.1 Å². The maximum Gasteiger partial charge on any atom is 0.251 e. The van der Waals surface area contributed by atoms with Crippen LogP contribution in [0.1, 0.15) is 34.5 Å². The van der Waals surface area contributed by atoms with E-state index >= 15 is 0 Å². The average Bonchev–Trinajstić information content (AvgIpc) is 3.09. The summed E-state index contributed by atoms with van der Waals surface area (Å²) in [5.74, 6) is 1.40. The second-order valence-corrected chi connectivity index (χ2v) is 6.83. The van der Waals surface area contributed by atoms with Crippen LogP contribution in [0.2, 0.25) is 0 Å². The van der Waals surface area contributed by atoms with Crippen molar-refractivity contribution in [3.63, 3.8) is 0 Å². The maximum atomic E-state index is 12.5. The van der Waals surface area contributed by atoms with Crippen molar-refractivity contribution in [3.8, 4) is 11.5 Å². The number of methoxy groups -OCH3 is 1. The Morgan fingerprint density at radius 1 is 1.11 bits per heavy atom. The number of carbonyl (C=O) groups is 1. The van der Waals surface area contributed by atoms with E-state index < -0.39 is 0 Å². The van der Waals surface area contributed by atoms with Gasteiger partial charge in [0, 0.05) is 28.2 Å². The molecule has 1 aliphatic rings. The van der Waals surface area contributed by atoms with Gasteiger partial charge >= 0.3 is 0 Å². The van der Waals surface area contributed by atoms with Gasteiger partial charge in [-0.25, -0.2) is 0 Å². The molecule has 2 N–H and O–H groups in total. The summed E-state index contributed by atoms with van der Waals surface area (Å²) in [5, 5.41) is 4.11. The molecule has 1 amide bonds. The fourth-order valence-electron chi connectivity index (χ4n) is 3.67. The van der Waals surface area contributed by atoms with Gasteiger partial charge in [-0.3, -0.25) is 4.79 Å². The molecule has 0 fully saturated rings. The van der Waals surface area contributed by atoms with E-state index in [2.05, 4.69) is 10.3 Å². The Morgan fingerprint density at radius 2 is 1.96 bits per heavy atom. The van der Waals surface area contributed by atoms with Crippen LogP contribution < -0.4 is 14.8 Å². The van der Waals surface area contributed by atoms with Crippen molar-refractivity contribution in [3.05, 3.63) is 59.3 Å². The molecular weight excluding hydrogens is 340 g/mol. The second-order valence-electron chi connectivity index (χ2n) is 6.83. The molecule has 0 spiro atoms. The number of fused-ring (bicyclic) bond motifs is 3. The summed E-state index contributed by atoms with van der Waals surface area (Å²) in [6.07, 6.45) is 4.65. The zero-order valence-corrected chi connectivity index (χ0v) is 15.5. The number of nitrogens with one attached hydrogen (secondary N) is 2. The van der Waals surface area contributed by atoms with Gasteiger partial charge in [0.25, 0.3) is 5.91 Å². The van der Waals surface area contributed by atoms with Crippen LogP contribution in [0.3, 0.4) is 0 Å². The normalized spacial score (nSPS) is 13.2. The second kappa shape index (κ2) is 7.74. The van der Waals surface area contributed by atoms with Crippen molar-refractivity contribution in [2.24, 2.45) is 0 Å². The first-order valence-electron chi connectivity index (χ1n) is 9.43. The van der Waals surface area contributed by atoms with E-state index in [1.165, 1.54) is 29.5 Å². The third kappa shape index (κ3) is 3.77. The Balaban J connectivity index is 1.36. The quantitative estimate of drug-likeness (QED) is 0.653.